The number of nitrogens with zero attached hydrogens (tertiary/aromatic N) is 7. The Bertz CT molecular complexity index is 4000. The number of benzene rings is 1. The number of aromatic nitrogens is 2. The van der Waals surface area contributed by atoms with Crippen LogP contribution in [0.3, 0.4) is 0 Å². The zero-order valence-electron chi connectivity index (χ0n) is 61.2. The van der Waals surface area contributed by atoms with Gasteiger partial charge in [0.25, 0.3) is 7.82 Å². The number of aliphatic hydroxyl groups is 2. The summed E-state index contributed by atoms with van der Waals surface area (Å²) in [5.41, 5.74) is 36.7. The maximum atomic E-state index is 14.4. The molecule has 6 fully saturated rings. The minimum absolute atomic E-state index is 0. The number of phosphoric ester groups is 1. The SMILES string of the molecule is C/C1=C2N=C(/C=C3N=C(/C(C)=C4\[N-][C@@](C)([C@@H]5N=C1[C@](C)(CCC(=O)NCC(C)OP(=O)([O-])O[C@H]1[C@@H](O)[C@@H](n6cnc7cc(C)c(C)cc76)O[C@@H]1CO)[C@H]5CC(N)=O)[C@@](C)(CC(N)=O)[C@@H]4CCC(N)=O)[C@@](C)(CC(N)=O)[C@@H]\3CCC(N)=O)C(C)(C)[C@@H]/2CCC(N)=O.O=C1C2CC3CC(C2)CC1C3.[C-]#N.[Co+3]. The maximum Gasteiger partial charge on any atom is 3.00 e. The third kappa shape index (κ3) is 16.0. The van der Waals surface area contributed by atoms with Gasteiger partial charge >= 0.3 is 16.8 Å². The zero-order chi connectivity index (χ0) is 76.1. The van der Waals surface area contributed by atoms with Gasteiger partial charge < -0.3 is 90.3 Å². The molecule has 568 valence electrons. The van der Waals surface area contributed by atoms with Crippen molar-refractivity contribution in [1.29, 1.82) is 5.26 Å². The van der Waals surface area contributed by atoms with Crippen molar-refractivity contribution >= 4 is 83.1 Å². The van der Waals surface area contributed by atoms with Crippen LogP contribution in [0.15, 0.2) is 67.8 Å². The Hall–Kier alpha value is -7.33. The number of nitrogens with two attached hydrogens (primary N) is 6. The second-order valence-electron chi connectivity index (χ2n) is 31.7. The molecule has 0 radical (unpaired) electrons. The number of hydrogen-bond donors (Lipinski definition) is 9. The van der Waals surface area contributed by atoms with Crippen LogP contribution in [0.25, 0.3) is 16.4 Å². The molecule has 4 aliphatic carbocycles. The molecule has 7 heterocycles. The Kier molecular flexibility index (Phi) is 25.0. The zero-order valence-corrected chi connectivity index (χ0v) is 63.1. The number of hydrogen-bond acceptors (Lipinski definition) is 20. The van der Waals surface area contributed by atoms with E-state index in [0.717, 1.165) is 23.0 Å². The van der Waals surface area contributed by atoms with E-state index in [0.29, 0.717) is 74.0 Å². The van der Waals surface area contributed by atoms with E-state index >= 15 is 0 Å². The Balaban J connectivity index is 0.000000873. The van der Waals surface area contributed by atoms with Gasteiger partial charge in [0, 0.05) is 126 Å². The largest absolute Gasteiger partial charge is 3.00 e. The Morgan fingerprint density at radius 1 is 0.779 bits per heavy atom. The summed E-state index contributed by atoms with van der Waals surface area (Å²) in [5, 5.41) is 36.4. The first kappa shape index (κ1) is 82.3. The number of imidazole rings is 1. The van der Waals surface area contributed by atoms with Gasteiger partial charge in [-0.15, -0.1) is 0 Å². The number of ether oxygens (including phenoxy) is 1. The van der Waals surface area contributed by atoms with E-state index in [-0.39, 0.29) is 94.0 Å². The predicted octanol–water partition coefficient (Wildman–Crippen LogP) is 5.42. The van der Waals surface area contributed by atoms with Crippen molar-refractivity contribution in [3.8, 4) is 0 Å². The standard InChI is InChI=1S/C62H90N13O14P.C10H14O.CN.Co/c1-29-20-39-40(21-30(29)2)75(28-70-39)57-52(84)53(41(27-76)87-57)89-90(85,86)88-31(3)26-69-49(83)18-19-59(8)37(22-46(66)80)56-62(11)61(10,25-48(68)82)36(14-17-45(65)79)51(74-62)33(5)55-60(9,24-47(67)81)34(12-15-43(63)77)38(71-55)23-42-58(6,7)35(13-16-44(64)78)50(72-42)32(4)54(59)73-56;11-10-8-2-6-1-7(4-8)5-9(10)3-6;1-2;/h20-21,23,28,31,34-37,41,52-53,56-57,76,84H,12-19,22,24-27H2,1-11H3,(H15,63,64,65,66,67,68,69,71,72,73,74,77,78,79,80,81,82,83,85,86);6-9H,1-5H2;;/q;;-1;+3/p-2/t31?,34-,35-,36-,37+,41-,52-,53-,56-,57+,59-,60+,61+,62+;;;/m1.../s1. The molecular weight excluding hydrogens is 1400 g/mol. The smallest absolute Gasteiger partial charge is 0.756 e. The van der Waals surface area contributed by atoms with Crippen molar-refractivity contribution in [2.24, 2.45) is 118 Å². The molecular formula is C73H102CoN14O15P. The van der Waals surface area contributed by atoms with E-state index in [2.05, 4.69) is 10.3 Å². The molecule has 2 unspecified atom stereocenters. The van der Waals surface area contributed by atoms with Crippen molar-refractivity contribution in [1.82, 2.24) is 14.9 Å². The van der Waals surface area contributed by atoms with Gasteiger partial charge in [-0.25, -0.2) is 4.98 Å². The molecule has 104 heavy (non-hydrogen) atoms. The van der Waals surface area contributed by atoms with E-state index in [1.807, 2.05) is 80.5 Å². The van der Waals surface area contributed by atoms with Crippen LogP contribution < -0.4 is 44.6 Å². The Labute approximate surface area is 617 Å². The van der Waals surface area contributed by atoms with Crippen molar-refractivity contribution in [2.75, 3.05) is 13.2 Å². The first-order chi connectivity index (χ1) is 48.2. The minimum Gasteiger partial charge on any atom is -0.756 e. The van der Waals surface area contributed by atoms with Gasteiger partial charge in [-0.3, -0.25) is 57.9 Å². The number of primary amides is 6. The number of aliphatic imine (C=N–C) groups is 3. The molecule has 2 aromatic rings. The van der Waals surface area contributed by atoms with E-state index in [1.54, 1.807) is 6.92 Å². The van der Waals surface area contributed by atoms with Crippen molar-refractivity contribution in [2.45, 2.75) is 221 Å². The second kappa shape index (κ2) is 31.6. The van der Waals surface area contributed by atoms with Crippen LogP contribution in [0, 0.1) is 94.7 Å². The van der Waals surface area contributed by atoms with Crippen LogP contribution in [-0.4, -0.2) is 133 Å². The van der Waals surface area contributed by atoms with Crippen LogP contribution >= 0.6 is 7.82 Å². The molecule has 1 aromatic carbocycles. The van der Waals surface area contributed by atoms with Gasteiger partial charge in [-0.1, -0.05) is 47.1 Å². The summed E-state index contributed by atoms with van der Waals surface area (Å²) in [6.45, 7) is 23.7. The fourth-order valence-electron chi connectivity index (χ4n) is 19.0. The quantitative estimate of drug-likeness (QED) is 0.0419. The van der Waals surface area contributed by atoms with Crippen molar-refractivity contribution in [3.05, 3.63) is 75.8 Å². The van der Waals surface area contributed by atoms with Crippen LogP contribution in [0.4, 0.5) is 0 Å². The summed E-state index contributed by atoms with van der Waals surface area (Å²) in [6, 6.07) is 2.65. The van der Waals surface area contributed by atoms with E-state index in [1.165, 1.54) is 49.9 Å². The third-order valence-corrected chi connectivity index (χ3v) is 25.5. The molecule has 12 bridgehead atoms. The Morgan fingerprint density at radius 2 is 1.35 bits per heavy atom. The second-order valence-corrected chi connectivity index (χ2v) is 33.0. The monoisotopic (exact) mass is 1500 g/mol. The number of ketones is 1. The van der Waals surface area contributed by atoms with Crippen molar-refractivity contribution in [3.63, 3.8) is 0 Å². The Morgan fingerprint density at radius 3 is 1.90 bits per heavy atom. The maximum absolute atomic E-state index is 14.4. The number of fused-ring (bicyclic) bond motifs is 7. The number of amides is 7. The van der Waals surface area contributed by atoms with Gasteiger partial charge in [0.05, 0.1) is 30.1 Å². The number of Topliss-reactive ketones (excluding diaryl/α,β-unsaturated/α-hetero) is 1. The summed E-state index contributed by atoms with van der Waals surface area (Å²) >= 11 is 0. The summed E-state index contributed by atoms with van der Waals surface area (Å²) < 4.78 is 31.9. The predicted molar refractivity (Wildman–Crippen MR) is 379 cm³/mol. The topological polar surface area (TPSA) is 506 Å². The molecule has 10 aliphatic rings. The number of carbonyl (C=O) groups excluding carboxylic acids is 8. The first-order valence-electron chi connectivity index (χ1n) is 35.6. The number of aryl methyl sites for hydroxylation is 2. The first-order valence-corrected chi connectivity index (χ1v) is 37.0. The summed E-state index contributed by atoms with van der Waals surface area (Å²) in [7, 11) is -5.32. The molecule has 6 aliphatic heterocycles. The minimum atomic E-state index is -5.32. The molecule has 15 atom stereocenters. The number of rotatable bonds is 26. The molecule has 2 saturated heterocycles. The van der Waals surface area contributed by atoms with Gasteiger partial charge in [0.1, 0.15) is 24.1 Å². The number of carbonyl (C=O) groups is 8. The summed E-state index contributed by atoms with van der Waals surface area (Å²) in [4.78, 5) is 139. The number of phosphoric acid groups is 1. The molecule has 0 spiro atoms. The molecule has 31 heteroatoms. The van der Waals surface area contributed by atoms with Crippen molar-refractivity contribution < 1.29 is 88.6 Å². The fraction of sp³-hybridized carbons (Fsp3) is 0.658. The average molecular weight is 1510 g/mol. The molecule has 4 saturated carbocycles. The van der Waals surface area contributed by atoms with Gasteiger partial charge in [-0.05, 0) is 162 Å². The van der Waals surface area contributed by atoms with E-state index in [9.17, 15) is 58.0 Å². The average Bonchev–Trinajstić information content (AvgIpc) is 1.52. The number of aliphatic hydroxyl groups excluding tert-OH is 2. The molecule has 7 amide bonds. The van der Waals surface area contributed by atoms with E-state index in [4.69, 9.17) is 80.3 Å². The van der Waals surface area contributed by atoms with Gasteiger partial charge in [0.2, 0.25) is 41.4 Å². The third-order valence-electron chi connectivity index (χ3n) is 24.4. The molecule has 12 rings (SSSR count). The van der Waals surface area contributed by atoms with Crippen LogP contribution in [0.1, 0.15) is 182 Å². The molecule has 1 aromatic heterocycles. The summed E-state index contributed by atoms with van der Waals surface area (Å²) in [5.74, 6) is -3.89. The van der Waals surface area contributed by atoms with Crippen LogP contribution in [-0.2, 0) is 73.5 Å². The van der Waals surface area contributed by atoms with Crippen LogP contribution in [0.2, 0.25) is 0 Å². The number of nitrogens with one attached hydrogen (secondary N) is 1. The van der Waals surface area contributed by atoms with Gasteiger partial charge in [0.15, 0.2) is 6.23 Å². The fourth-order valence-corrected chi connectivity index (χ4v) is 20.1. The normalized spacial score (nSPS) is 35.3. The van der Waals surface area contributed by atoms with E-state index < -0.39 is 143 Å². The van der Waals surface area contributed by atoms with Gasteiger partial charge in [-0.2, -0.15) is 5.70 Å². The summed E-state index contributed by atoms with van der Waals surface area (Å²) in [6.07, 6.45) is 1.62. The van der Waals surface area contributed by atoms with Crippen LogP contribution in [0.5, 0.6) is 0 Å². The molecule has 15 N–H and O–H groups in total. The molecule has 29 nitrogen and oxygen atoms in total. The number of allylic oxidation sites excluding steroid dienone is 6.